The molecule has 0 fully saturated rings. The summed E-state index contributed by atoms with van der Waals surface area (Å²) in [6, 6.07) is 8.43. The standard InChI is InChI=1S/C25H31FN2S/c1-7-24(29-26)21(5)28(6)25(27-17-22-14-12-18(2)13-15-22)16-20(4)23-11-9-8-10-19(23)3/h7-9,11-16,19,27H,1,4,10,17H2,2-3,5-6H3/b24-21+,25-16-. The molecule has 0 amide bonds. The minimum absolute atomic E-state index is 0.209. The molecule has 0 saturated carbocycles. The summed E-state index contributed by atoms with van der Waals surface area (Å²) in [4.78, 5) is 2.45. The van der Waals surface area contributed by atoms with E-state index in [0.717, 1.165) is 23.5 Å². The molecule has 0 saturated heterocycles. The third-order valence-corrected chi connectivity index (χ3v) is 5.83. The van der Waals surface area contributed by atoms with Crippen molar-refractivity contribution in [2.75, 3.05) is 7.05 Å². The molecule has 2 rings (SSSR count). The molecule has 1 N–H and O–H groups in total. The SMILES string of the molecule is C=C/C(SF)=C(/C)N(C)/C(=C\C(=C)C1=CC=CCC1C)NCc1ccc(C)cc1. The lowest BCUT2D eigenvalue weighted by Gasteiger charge is -2.27. The minimum atomic E-state index is 0.209. The van der Waals surface area contributed by atoms with Crippen LogP contribution in [0.15, 0.2) is 95.4 Å². The third kappa shape index (κ3) is 6.26. The van der Waals surface area contributed by atoms with E-state index in [0.29, 0.717) is 17.4 Å². The van der Waals surface area contributed by atoms with Crippen LogP contribution >= 0.6 is 12.1 Å². The van der Waals surface area contributed by atoms with Crippen LogP contribution < -0.4 is 5.32 Å². The van der Waals surface area contributed by atoms with Gasteiger partial charge in [-0.05, 0) is 49.0 Å². The van der Waals surface area contributed by atoms with Gasteiger partial charge in [-0.1, -0.05) is 74.2 Å². The predicted molar refractivity (Wildman–Crippen MR) is 126 cm³/mol. The number of hydrogen-bond donors (Lipinski definition) is 1. The number of allylic oxidation sites excluding steroid dienone is 8. The van der Waals surface area contributed by atoms with Crippen molar-refractivity contribution in [1.82, 2.24) is 10.2 Å². The van der Waals surface area contributed by atoms with Crippen LogP contribution in [0.4, 0.5) is 3.89 Å². The summed E-state index contributed by atoms with van der Waals surface area (Å²) in [6.45, 7) is 14.9. The highest BCUT2D eigenvalue weighted by Gasteiger charge is 2.15. The normalized spacial score (nSPS) is 17.3. The van der Waals surface area contributed by atoms with Crippen LogP contribution in [0.5, 0.6) is 0 Å². The Morgan fingerprint density at radius 3 is 2.62 bits per heavy atom. The molecule has 2 nitrogen and oxygen atoms in total. The number of nitrogens with zero attached hydrogens (tertiary/aromatic N) is 1. The Morgan fingerprint density at radius 1 is 1.34 bits per heavy atom. The van der Waals surface area contributed by atoms with E-state index in [1.165, 1.54) is 16.7 Å². The van der Waals surface area contributed by atoms with E-state index in [1.807, 2.05) is 24.9 Å². The van der Waals surface area contributed by atoms with Gasteiger partial charge in [0.25, 0.3) is 0 Å². The molecule has 1 aromatic rings. The topological polar surface area (TPSA) is 15.3 Å². The van der Waals surface area contributed by atoms with E-state index in [4.69, 9.17) is 0 Å². The molecule has 154 valence electrons. The molecule has 1 aliphatic rings. The van der Waals surface area contributed by atoms with Gasteiger partial charge < -0.3 is 10.2 Å². The molecule has 1 unspecified atom stereocenters. The van der Waals surface area contributed by atoms with Gasteiger partial charge in [0, 0.05) is 19.3 Å². The average molecular weight is 411 g/mol. The van der Waals surface area contributed by atoms with Crippen molar-refractivity contribution in [2.45, 2.75) is 33.7 Å². The summed E-state index contributed by atoms with van der Waals surface area (Å²) in [5.74, 6) is 1.29. The van der Waals surface area contributed by atoms with Gasteiger partial charge in [0.05, 0.1) is 17.1 Å². The van der Waals surface area contributed by atoms with Crippen molar-refractivity contribution in [3.8, 4) is 0 Å². The van der Waals surface area contributed by atoms with Gasteiger partial charge in [-0.15, -0.1) is 0 Å². The van der Waals surface area contributed by atoms with E-state index in [9.17, 15) is 3.89 Å². The zero-order valence-corrected chi connectivity index (χ0v) is 18.7. The van der Waals surface area contributed by atoms with Gasteiger partial charge in [0.15, 0.2) is 0 Å². The Hall–Kier alpha value is -2.46. The van der Waals surface area contributed by atoms with Crippen molar-refractivity contribution in [1.29, 1.82) is 0 Å². The highest BCUT2D eigenvalue weighted by molar-refractivity contribution is 7.98. The van der Waals surface area contributed by atoms with Crippen LogP contribution in [-0.4, -0.2) is 11.9 Å². The van der Waals surface area contributed by atoms with Crippen LogP contribution in [0.25, 0.3) is 0 Å². The lowest BCUT2D eigenvalue weighted by Crippen LogP contribution is -2.28. The maximum atomic E-state index is 13.3. The van der Waals surface area contributed by atoms with Gasteiger partial charge >= 0.3 is 0 Å². The van der Waals surface area contributed by atoms with Crippen LogP contribution in [-0.2, 0) is 6.54 Å². The summed E-state index contributed by atoms with van der Waals surface area (Å²) in [6.07, 6.45) is 11.0. The highest BCUT2D eigenvalue weighted by Crippen LogP contribution is 2.29. The third-order valence-electron chi connectivity index (χ3n) is 5.20. The highest BCUT2D eigenvalue weighted by atomic mass is 32.2. The molecule has 0 aromatic heterocycles. The second-order valence-electron chi connectivity index (χ2n) is 7.37. The summed E-state index contributed by atoms with van der Waals surface area (Å²) >= 11 is 0.209. The van der Waals surface area contributed by atoms with E-state index in [-0.39, 0.29) is 12.1 Å². The van der Waals surface area contributed by atoms with Gasteiger partial charge in [-0.3, -0.25) is 0 Å². The molecule has 0 radical (unpaired) electrons. The molecule has 0 aliphatic heterocycles. The maximum Gasteiger partial charge on any atom is 0.106 e. The minimum Gasteiger partial charge on any atom is -0.367 e. The Bertz CT molecular complexity index is 859. The Labute approximate surface area is 179 Å². The number of hydrogen-bond acceptors (Lipinski definition) is 3. The zero-order chi connectivity index (χ0) is 21.4. The molecule has 4 heteroatoms. The quantitative estimate of drug-likeness (QED) is 0.442. The average Bonchev–Trinajstić information content (AvgIpc) is 2.72. The van der Waals surface area contributed by atoms with Crippen molar-refractivity contribution >= 4 is 12.1 Å². The van der Waals surface area contributed by atoms with Crippen molar-refractivity contribution in [3.05, 3.63) is 106 Å². The van der Waals surface area contributed by atoms with E-state index >= 15 is 0 Å². The fraction of sp³-hybridized carbons (Fsp3) is 0.280. The summed E-state index contributed by atoms with van der Waals surface area (Å²) in [5.41, 5.74) is 5.38. The Morgan fingerprint density at radius 2 is 2.03 bits per heavy atom. The van der Waals surface area contributed by atoms with Crippen LogP contribution in [0.1, 0.15) is 31.4 Å². The van der Waals surface area contributed by atoms with Crippen LogP contribution in [0.2, 0.25) is 0 Å². The summed E-state index contributed by atoms with van der Waals surface area (Å²) < 4.78 is 13.3. The fourth-order valence-electron chi connectivity index (χ4n) is 3.16. The summed E-state index contributed by atoms with van der Waals surface area (Å²) in [5, 5.41) is 3.50. The van der Waals surface area contributed by atoms with Gasteiger partial charge in [-0.2, -0.15) is 3.89 Å². The predicted octanol–water partition coefficient (Wildman–Crippen LogP) is 6.97. The Kier molecular flexibility index (Phi) is 8.59. The second kappa shape index (κ2) is 10.9. The molecular formula is C25H31FN2S. The molecule has 0 spiro atoms. The molecule has 1 aliphatic carbocycles. The number of halogens is 1. The van der Waals surface area contributed by atoms with Crippen molar-refractivity contribution in [2.24, 2.45) is 5.92 Å². The molecule has 0 heterocycles. The number of nitrogens with one attached hydrogen (secondary N) is 1. The van der Waals surface area contributed by atoms with Crippen molar-refractivity contribution in [3.63, 3.8) is 0 Å². The zero-order valence-electron chi connectivity index (χ0n) is 17.8. The van der Waals surface area contributed by atoms with Crippen molar-refractivity contribution < 1.29 is 3.89 Å². The monoisotopic (exact) mass is 410 g/mol. The largest absolute Gasteiger partial charge is 0.367 e. The molecule has 0 bridgehead atoms. The van der Waals surface area contributed by atoms with E-state index in [2.05, 4.69) is 74.8 Å². The summed E-state index contributed by atoms with van der Waals surface area (Å²) in [7, 11) is 1.93. The van der Waals surface area contributed by atoms with Gasteiger partial charge in [0.1, 0.15) is 5.82 Å². The molecule has 1 aromatic carbocycles. The first-order chi connectivity index (χ1) is 13.9. The van der Waals surface area contributed by atoms with Gasteiger partial charge in [0.2, 0.25) is 0 Å². The molecule has 29 heavy (non-hydrogen) atoms. The van der Waals surface area contributed by atoms with Crippen LogP contribution in [0, 0.1) is 12.8 Å². The molecule has 1 atom stereocenters. The maximum absolute atomic E-state index is 13.3. The second-order valence-corrected chi connectivity index (χ2v) is 7.96. The fourth-order valence-corrected chi connectivity index (χ4v) is 3.48. The van der Waals surface area contributed by atoms with Crippen LogP contribution in [0.3, 0.4) is 0 Å². The Balaban J connectivity index is 2.33. The smallest absolute Gasteiger partial charge is 0.106 e. The lowest BCUT2D eigenvalue weighted by molar-refractivity contribution is 0.465. The number of rotatable bonds is 9. The first-order valence-corrected chi connectivity index (χ1v) is 10.5. The van der Waals surface area contributed by atoms with E-state index in [1.54, 1.807) is 6.08 Å². The van der Waals surface area contributed by atoms with Gasteiger partial charge in [-0.25, -0.2) is 0 Å². The number of aryl methyl sites for hydroxylation is 1. The lowest BCUT2D eigenvalue weighted by atomic mass is 9.88. The van der Waals surface area contributed by atoms with E-state index < -0.39 is 0 Å². The number of benzene rings is 1. The first-order valence-electron chi connectivity index (χ1n) is 9.80. The molecular weight excluding hydrogens is 379 g/mol. The first kappa shape index (κ1) is 22.8.